The molecule has 0 aromatic heterocycles. The SMILES string of the molecule is CC1CN(C)CCN1Cc1ccccc1B(O)O. The van der Waals surface area contributed by atoms with Crippen molar-refractivity contribution in [3.8, 4) is 0 Å². The Morgan fingerprint density at radius 1 is 1.28 bits per heavy atom. The lowest BCUT2D eigenvalue weighted by atomic mass is 9.77. The van der Waals surface area contributed by atoms with E-state index in [1.54, 1.807) is 6.07 Å². The summed E-state index contributed by atoms with van der Waals surface area (Å²) in [6, 6.07) is 8.03. The third-order valence-electron chi connectivity index (χ3n) is 3.67. The van der Waals surface area contributed by atoms with Crippen LogP contribution in [0.25, 0.3) is 0 Å². The van der Waals surface area contributed by atoms with Gasteiger partial charge in [-0.15, -0.1) is 0 Å². The predicted molar refractivity (Wildman–Crippen MR) is 73.6 cm³/mol. The standard InChI is InChI=1S/C13H21BN2O2/c1-11-9-15(2)7-8-16(11)10-12-5-3-4-6-13(12)14(17)18/h3-6,11,17-18H,7-10H2,1-2H3. The maximum atomic E-state index is 9.37. The van der Waals surface area contributed by atoms with E-state index in [-0.39, 0.29) is 0 Å². The van der Waals surface area contributed by atoms with Crippen molar-refractivity contribution < 1.29 is 10.0 Å². The molecule has 1 heterocycles. The van der Waals surface area contributed by atoms with Gasteiger partial charge in [0.25, 0.3) is 0 Å². The van der Waals surface area contributed by atoms with Crippen molar-refractivity contribution in [2.45, 2.75) is 19.5 Å². The molecule has 1 aromatic rings. The van der Waals surface area contributed by atoms with Crippen LogP contribution in [0.1, 0.15) is 12.5 Å². The van der Waals surface area contributed by atoms with E-state index < -0.39 is 7.12 Å². The number of benzene rings is 1. The predicted octanol–water partition coefficient (Wildman–Crippen LogP) is -0.498. The van der Waals surface area contributed by atoms with Gasteiger partial charge in [0.05, 0.1) is 0 Å². The second-order valence-corrected chi connectivity index (χ2v) is 5.15. The molecule has 1 fully saturated rings. The minimum absolute atomic E-state index is 0.493. The van der Waals surface area contributed by atoms with E-state index in [4.69, 9.17) is 0 Å². The molecule has 0 aliphatic carbocycles. The molecule has 18 heavy (non-hydrogen) atoms. The normalized spacial score (nSPS) is 22.1. The summed E-state index contributed by atoms with van der Waals surface area (Å²) in [7, 11) is 0.753. The molecule has 0 amide bonds. The van der Waals surface area contributed by atoms with Crippen molar-refractivity contribution in [2.75, 3.05) is 26.7 Å². The van der Waals surface area contributed by atoms with Crippen LogP contribution in [0.5, 0.6) is 0 Å². The summed E-state index contributed by atoms with van der Waals surface area (Å²) in [5.74, 6) is 0. The van der Waals surface area contributed by atoms with E-state index in [0.717, 1.165) is 31.7 Å². The van der Waals surface area contributed by atoms with Gasteiger partial charge in [-0.2, -0.15) is 0 Å². The Bertz CT molecular complexity index is 400. The lowest BCUT2D eigenvalue weighted by Gasteiger charge is -2.38. The van der Waals surface area contributed by atoms with Crippen LogP contribution in [0.3, 0.4) is 0 Å². The van der Waals surface area contributed by atoms with Crippen molar-refractivity contribution >= 4 is 12.6 Å². The van der Waals surface area contributed by atoms with Crippen LogP contribution in [-0.4, -0.2) is 59.7 Å². The van der Waals surface area contributed by atoms with Crippen LogP contribution >= 0.6 is 0 Å². The second-order valence-electron chi connectivity index (χ2n) is 5.15. The highest BCUT2D eigenvalue weighted by atomic mass is 16.4. The third kappa shape index (κ3) is 3.11. The molecule has 0 radical (unpaired) electrons. The summed E-state index contributed by atoms with van der Waals surface area (Å²) < 4.78 is 0. The van der Waals surface area contributed by atoms with Gasteiger partial charge in [0.2, 0.25) is 0 Å². The van der Waals surface area contributed by atoms with E-state index in [0.29, 0.717) is 11.5 Å². The van der Waals surface area contributed by atoms with Crippen molar-refractivity contribution in [3.63, 3.8) is 0 Å². The number of likely N-dealkylation sites (N-methyl/N-ethyl adjacent to an activating group) is 1. The first-order chi connectivity index (χ1) is 8.58. The molecule has 98 valence electrons. The molecule has 1 unspecified atom stereocenters. The van der Waals surface area contributed by atoms with Crippen LogP contribution in [0.2, 0.25) is 0 Å². The van der Waals surface area contributed by atoms with Crippen LogP contribution in [-0.2, 0) is 6.54 Å². The average Bonchev–Trinajstić information content (AvgIpc) is 2.33. The van der Waals surface area contributed by atoms with Gasteiger partial charge >= 0.3 is 7.12 Å². The summed E-state index contributed by atoms with van der Waals surface area (Å²) >= 11 is 0. The molecular weight excluding hydrogens is 227 g/mol. The Morgan fingerprint density at radius 2 is 2.00 bits per heavy atom. The van der Waals surface area contributed by atoms with Crippen molar-refractivity contribution in [1.29, 1.82) is 0 Å². The second kappa shape index (κ2) is 5.84. The smallest absolute Gasteiger partial charge is 0.423 e. The Morgan fingerprint density at radius 3 is 2.67 bits per heavy atom. The Labute approximate surface area is 109 Å². The summed E-state index contributed by atoms with van der Waals surface area (Å²) in [5, 5.41) is 18.7. The first-order valence-corrected chi connectivity index (χ1v) is 6.44. The van der Waals surface area contributed by atoms with Gasteiger partial charge in [0, 0.05) is 32.2 Å². The number of nitrogens with zero attached hydrogens (tertiary/aromatic N) is 2. The van der Waals surface area contributed by atoms with Crippen molar-refractivity contribution in [3.05, 3.63) is 29.8 Å². The monoisotopic (exact) mass is 248 g/mol. The van der Waals surface area contributed by atoms with Gasteiger partial charge in [0.15, 0.2) is 0 Å². The molecule has 5 heteroatoms. The van der Waals surface area contributed by atoms with Gasteiger partial charge in [-0.05, 0) is 25.0 Å². The molecule has 1 aliphatic rings. The largest absolute Gasteiger partial charge is 0.488 e. The Hall–Kier alpha value is -0.875. The highest BCUT2D eigenvalue weighted by Gasteiger charge is 2.23. The molecule has 1 atom stereocenters. The number of rotatable bonds is 3. The average molecular weight is 248 g/mol. The molecule has 0 spiro atoms. The summed E-state index contributed by atoms with van der Waals surface area (Å²) in [5.41, 5.74) is 1.62. The van der Waals surface area contributed by atoms with Crippen molar-refractivity contribution in [1.82, 2.24) is 9.80 Å². The quantitative estimate of drug-likeness (QED) is 0.708. The highest BCUT2D eigenvalue weighted by Crippen LogP contribution is 2.12. The number of piperazine rings is 1. The third-order valence-corrected chi connectivity index (χ3v) is 3.67. The van der Waals surface area contributed by atoms with E-state index in [1.807, 2.05) is 18.2 Å². The molecule has 2 rings (SSSR count). The first-order valence-electron chi connectivity index (χ1n) is 6.44. The number of hydrogen-bond acceptors (Lipinski definition) is 4. The van der Waals surface area contributed by atoms with E-state index in [9.17, 15) is 10.0 Å². The maximum Gasteiger partial charge on any atom is 0.488 e. The zero-order valence-corrected chi connectivity index (χ0v) is 11.1. The van der Waals surface area contributed by atoms with Gasteiger partial charge in [-0.25, -0.2) is 0 Å². The van der Waals surface area contributed by atoms with E-state index in [1.165, 1.54) is 0 Å². The summed E-state index contributed by atoms with van der Waals surface area (Å²) in [6.45, 7) is 6.14. The minimum atomic E-state index is -1.39. The Balaban J connectivity index is 2.09. The van der Waals surface area contributed by atoms with Gasteiger partial charge in [-0.1, -0.05) is 24.3 Å². The fourth-order valence-corrected chi connectivity index (χ4v) is 2.56. The maximum absolute atomic E-state index is 9.37. The van der Waals surface area contributed by atoms with Gasteiger partial charge in [0.1, 0.15) is 0 Å². The van der Waals surface area contributed by atoms with Gasteiger partial charge in [-0.3, -0.25) is 4.90 Å². The lowest BCUT2D eigenvalue weighted by molar-refractivity contribution is 0.0940. The molecule has 4 nitrogen and oxygen atoms in total. The molecule has 1 saturated heterocycles. The first kappa shape index (κ1) is 13.6. The molecule has 0 bridgehead atoms. The van der Waals surface area contributed by atoms with E-state index in [2.05, 4.69) is 23.8 Å². The summed E-state index contributed by atoms with van der Waals surface area (Å²) in [6.07, 6.45) is 0. The molecular formula is C13H21BN2O2. The van der Waals surface area contributed by atoms with E-state index >= 15 is 0 Å². The topological polar surface area (TPSA) is 46.9 Å². The molecule has 1 aliphatic heterocycles. The Kier molecular flexibility index (Phi) is 4.40. The summed E-state index contributed by atoms with van der Waals surface area (Å²) in [4.78, 5) is 4.72. The minimum Gasteiger partial charge on any atom is -0.423 e. The molecule has 1 aromatic carbocycles. The molecule has 2 N–H and O–H groups in total. The molecule has 0 saturated carbocycles. The zero-order valence-electron chi connectivity index (χ0n) is 11.1. The van der Waals surface area contributed by atoms with Crippen LogP contribution in [0.4, 0.5) is 0 Å². The zero-order chi connectivity index (χ0) is 13.1. The fraction of sp³-hybridized carbons (Fsp3) is 0.538. The van der Waals surface area contributed by atoms with Gasteiger partial charge < -0.3 is 14.9 Å². The van der Waals surface area contributed by atoms with Crippen LogP contribution in [0.15, 0.2) is 24.3 Å². The van der Waals surface area contributed by atoms with Crippen molar-refractivity contribution in [2.24, 2.45) is 0 Å². The fourth-order valence-electron chi connectivity index (χ4n) is 2.56. The lowest BCUT2D eigenvalue weighted by Crippen LogP contribution is -2.50. The van der Waals surface area contributed by atoms with Crippen LogP contribution < -0.4 is 5.46 Å². The van der Waals surface area contributed by atoms with Crippen LogP contribution in [0, 0.1) is 0 Å². The highest BCUT2D eigenvalue weighted by molar-refractivity contribution is 6.59. The number of hydrogen-bond donors (Lipinski definition) is 2.